The van der Waals surface area contributed by atoms with Crippen LogP contribution < -0.4 is 4.74 Å². The fourth-order valence-corrected chi connectivity index (χ4v) is 3.67. The molecule has 5 rings (SSSR count). The summed E-state index contributed by atoms with van der Waals surface area (Å²) in [7, 11) is 0. The second-order valence-corrected chi connectivity index (χ2v) is 6.96. The van der Waals surface area contributed by atoms with Gasteiger partial charge in [0.05, 0.1) is 12.7 Å². The van der Waals surface area contributed by atoms with Crippen molar-refractivity contribution in [3.8, 4) is 16.9 Å². The molecule has 0 unspecified atom stereocenters. The average molecular weight is 378 g/mol. The van der Waals surface area contributed by atoms with E-state index in [1.807, 2.05) is 72.8 Å². The van der Waals surface area contributed by atoms with Gasteiger partial charge < -0.3 is 9.15 Å². The topological polar surface area (TPSA) is 39.4 Å². The normalized spacial score (nSPS) is 11.0. The number of fused-ring (bicyclic) bond motifs is 3. The molecule has 0 bridgehead atoms. The van der Waals surface area contributed by atoms with E-state index < -0.39 is 0 Å². The smallest absolute Gasteiger partial charge is 0.315 e. The molecule has 5 aromatic rings. The van der Waals surface area contributed by atoms with Crippen LogP contribution in [0.4, 0.5) is 0 Å². The Morgan fingerprint density at radius 1 is 0.759 bits per heavy atom. The first-order valence-corrected chi connectivity index (χ1v) is 9.52. The Balaban J connectivity index is 1.37. The van der Waals surface area contributed by atoms with Gasteiger partial charge >= 0.3 is 5.97 Å². The van der Waals surface area contributed by atoms with E-state index in [1.165, 1.54) is 0 Å². The van der Waals surface area contributed by atoms with Gasteiger partial charge in [0.25, 0.3) is 0 Å². The molecule has 1 aromatic heterocycles. The van der Waals surface area contributed by atoms with Crippen LogP contribution in [0.2, 0.25) is 0 Å². The molecule has 1 heterocycles. The Labute approximate surface area is 168 Å². The SMILES string of the molecule is O=C(Cc1coc2ccc3ccccc3c12)Oc1ccc(-c2ccccc2)cc1. The van der Waals surface area contributed by atoms with E-state index in [9.17, 15) is 4.79 Å². The van der Waals surface area contributed by atoms with Crippen LogP contribution in [-0.4, -0.2) is 5.97 Å². The second-order valence-electron chi connectivity index (χ2n) is 6.96. The van der Waals surface area contributed by atoms with Gasteiger partial charge in [-0.3, -0.25) is 4.79 Å². The molecular weight excluding hydrogens is 360 g/mol. The number of furan rings is 1. The van der Waals surface area contributed by atoms with Crippen LogP contribution in [0.3, 0.4) is 0 Å². The van der Waals surface area contributed by atoms with E-state index in [0.717, 1.165) is 38.4 Å². The van der Waals surface area contributed by atoms with Gasteiger partial charge in [-0.1, -0.05) is 72.8 Å². The van der Waals surface area contributed by atoms with Crippen molar-refractivity contribution >= 4 is 27.7 Å². The molecule has 0 spiro atoms. The van der Waals surface area contributed by atoms with E-state index in [2.05, 4.69) is 18.2 Å². The summed E-state index contributed by atoms with van der Waals surface area (Å²) in [5, 5.41) is 3.17. The first kappa shape index (κ1) is 17.3. The van der Waals surface area contributed by atoms with Crippen LogP contribution in [0.5, 0.6) is 5.75 Å². The Morgan fingerprint density at radius 3 is 2.31 bits per heavy atom. The molecule has 0 aliphatic rings. The van der Waals surface area contributed by atoms with Crippen LogP contribution in [0, 0.1) is 0 Å². The van der Waals surface area contributed by atoms with Crippen LogP contribution in [-0.2, 0) is 11.2 Å². The third kappa shape index (κ3) is 3.39. The second kappa shape index (κ2) is 7.28. The predicted octanol–water partition coefficient (Wildman–Crippen LogP) is 6.40. The molecule has 0 atom stereocenters. The summed E-state index contributed by atoms with van der Waals surface area (Å²) in [6.07, 6.45) is 1.80. The van der Waals surface area contributed by atoms with E-state index in [4.69, 9.17) is 9.15 Å². The van der Waals surface area contributed by atoms with Crippen molar-refractivity contribution in [2.75, 3.05) is 0 Å². The number of rotatable bonds is 4. The van der Waals surface area contributed by atoms with Crippen LogP contribution in [0.15, 0.2) is 102 Å². The van der Waals surface area contributed by atoms with Gasteiger partial charge in [0, 0.05) is 10.9 Å². The van der Waals surface area contributed by atoms with Gasteiger partial charge in [0.2, 0.25) is 0 Å². The predicted molar refractivity (Wildman–Crippen MR) is 115 cm³/mol. The standard InChI is InChI=1S/C26H18O3/c27-25(29-22-13-10-19(11-14-22)18-6-2-1-3-7-18)16-21-17-28-24-15-12-20-8-4-5-9-23(20)26(21)24/h1-15,17H,16H2. The van der Waals surface area contributed by atoms with Gasteiger partial charge in [-0.2, -0.15) is 0 Å². The maximum absolute atomic E-state index is 12.6. The monoisotopic (exact) mass is 378 g/mol. The zero-order valence-corrected chi connectivity index (χ0v) is 15.7. The number of esters is 1. The number of benzene rings is 4. The van der Waals surface area contributed by atoms with Gasteiger partial charge in [-0.05, 0) is 40.1 Å². The van der Waals surface area contributed by atoms with E-state index in [1.54, 1.807) is 6.26 Å². The lowest BCUT2D eigenvalue weighted by molar-refractivity contribution is -0.133. The highest BCUT2D eigenvalue weighted by atomic mass is 16.5. The van der Waals surface area contributed by atoms with E-state index >= 15 is 0 Å². The molecule has 3 nitrogen and oxygen atoms in total. The maximum atomic E-state index is 12.6. The molecule has 0 N–H and O–H groups in total. The minimum absolute atomic E-state index is 0.154. The molecule has 0 aliphatic heterocycles. The van der Waals surface area contributed by atoms with Crippen LogP contribution in [0.1, 0.15) is 5.56 Å². The van der Waals surface area contributed by atoms with Crippen molar-refractivity contribution in [2.45, 2.75) is 6.42 Å². The third-order valence-electron chi connectivity index (χ3n) is 5.07. The van der Waals surface area contributed by atoms with Gasteiger partial charge in [-0.15, -0.1) is 0 Å². The van der Waals surface area contributed by atoms with Crippen molar-refractivity contribution in [2.24, 2.45) is 0 Å². The molecule has 0 amide bonds. The molecule has 29 heavy (non-hydrogen) atoms. The lowest BCUT2D eigenvalue weighted by Gasteiger charge is -2.06. The summed E-state index contributed by atoms with van der Waals surface area (Å²) in [6, 6.07) is 29.7. The largest absolute Gasteiger partial charge is 0.464 e. The molecule has 0 radical (unpaired) electrons. The van der Waals surface area contributed by atoms with Crippen molar-refractivity contribution in [1.82, 2.24) is 0 Å². The molecular formula is C26H18O3. The first-order valence-electron chi connectivity index (χ1n) is 9.52. The number of carbonyl (C=O) groups excluding carboxylic acids is 1. The Hall–Kier alpha value is -3.85. The van der Waals surface area contributed by atoms with Crippen molar-refractivity contribution in [3.05, 3.63) is 103 Å². The number of hydrogen-bond donors (Lipinski definition) is 0. The number of carbonyl (C=O) groups is 1. The molecule has 0 saturated carbocycles. The minimum Gasteiger partial charge on any atom is -0.464 e. The average Bonchev–Trinajstić information content (AvgIpc) is 3.18. The fraction of sp³-hybridized carbons (Fsp3) is 0.0385. The van der Waals surface area contributed by atoms with Crippen LogP contribution >= 0.6 is 0 Å². The summed E-state index contributed by atoms with van der Waals surface area (Å²) in [5.74, 6) is 0.223. The molecule has 0 saturated heterocycles. The summed E-state index contributed by atoms with van der Waals surface area (Å²) in [6.45, 7) is 0. The van der Waals surface area contributed by atoms with Gasteiger partial charge in [-0.25, -0.2) is 0 Å². The molecule has 0 fully saturated rings. The quantitative estimate of drug-likeness (QED) is 0.268. The van der Waals surface area contributed by atoms with Crippen molar-refractivity contribution in [1.29, 1.82) is 0 Å². The van der Waals surface area contributed by atoms with Crippen molar-refractivity contribution < 1.29 is 13.9 Å². The Kier molecular flexibility index (Phi) is 4.34. The van der Waals surface area contributed by atoms with Crippen molar-refractivity contribution in [3.63, 3.8) is 0 Å². The highest BCUT2D eigenvalue weighted by Crippen LogP contribution is 2.30. The molecule has 0 aliphatic carbocycles. The summed E-state index contributed by atoms with van der Waals surface area (Å²) in [4.78, 5) is 12.6. The number of hydrogen-bond acceptors (Lipinski definition) is 3. The highest BCUT2D eigenvalue weighted by Gasteiger charge is 2.14. The summed E-state index contributed by atoms with van der Waals surface area (Å²) >= 11 is 0. The van der Waals surface area contributed by atoms with Gasteiger partial charge in [0.15, 0.2) is 0 Å². The number of ether oxygens (including phenoxy) is 1. The Bertz CT molecular complexity index is 1300. The molecule has 4 aromatic carbocycles. The van der Waals surface area contributed by atoms with Crippen LogP contribution in [0.25, 0.3) is 32.9 Å². The molecule has 140 valence electrons. The zero-order valence-electron chi connectivity index (χ0n) is 15.7. The lowest BCUT2D eigenvalue weighted by Crippen LogP contribution is -2.10. The summed E-state index contributed by atoms with van der Waals surface area (Å²) in [5.41, 5.74) is 3.82. The lowest BCUT2D eigenvalue weighted by atomic mass is 10.0. The highest BCUT2D eigenvalue weighted by molar-refractivity contribution is 6.08. The van der Waals surface area contributed by atoms with E-state index in [0.29, 0.717) is 5.75 Å². The Morgan fingerprint density at radius 2 is 1.48 bits per heavy atom. The minimum atomic E-state index is -0.312. The maximum Gasteiger partial charge on any atom is 0.315 e. The zero-order chi connectivity index (χ0) is 19.6. The first-order chi connectivity index (χ1) is 14.3. The fourth-order valence-electron chi connectivity index (χ4n) is 3.67. The van der Waals surface area contributed by atoms with E-state index in [-0.39, 0.29) is 12.4 Å². The van der Waals surface area contributed by atoms with Gasteiger partial charge in [0.1, 0.15) is 11.3 Å². The summed E-state index contributed by atoms with van der Waals surface area (Å²) < 4.78 is 11.2. The third-order valence-corrected chi connectivity index (χ3v) is 5.07. The molecule has 3 heteroatoms.